The van der Waals surface area contributed by atoms with Crippen LogP contribution < -0.4 is 4.90 Å². The van der Waals surface area contributed by atoms with Gasteiger partial charge in [-0.15, -0.1) is 6.58 Å². The first-order chi connectivity index (χ1) is 14.8. The lowest BCUT2D eigenvalue weighted by atomic mass is 9.73. The summed E-state index contributed by atoms with van der Waals surface area (Å²) in [5.74, 6) is -0.912. The molecule has 5 rings (SSSR count). The molecule has 1 aromatic heterocycles. The van der Waals surface area contributed by atoms with Gasteiger partial charge in [0, 0.05) is 31.4 Å². The zero-order valence-corrected chi connectivity index (χ0v) is 18.6. The van der Waals surface area contributed by atoms with Crippen molar-refractivity contribution in [2.45, 2.75) is 16.2 Å². The fourth-order valence-corrected chi connectivity index (χ4v) is 7.52. The molecule has 3 unspecified atom stereocenters. The average molecular weight is 458 g/mol. The summed E-state index contributed by atoms with van der Waals surface area (Å²) >= 11 is 6.80. The highest BCUT2D eigenvalue weighted by Gasteiger charge is 2.79. The number of halogens is 1. The molecule has 4 heterocycles. The van der Waals surface area contributed by atoms with Crippen molar-refractivity contribution >= 4 is 45.8 Å². The highest BCUT2D eigenvalue weighted by molar-refractivity contribution is 8.25. The van der Waals surface area contributed by atoms with Crippen LogP contribution in [0, 0.1) is 5.82 Å². The second-order valence-electron chi connectivity index (χ2n) is 7.99. The van der Waals surface area contributed by atoms with Crippen molar-refractivity contribution in [2.75, 3.05) is 32.1 Å². The first-order valence-electron chi connectivity index (χ1n) is 9.79. The van der Waals surface area contributed by atoms with Gasteiger partial charge >= 0.3 is 0 Å². The maximum absolute atomic E-state index is 14.5. The smallest absolute Gasteiger partial charge is 0.254 e. The summed E-state index contributed by atoms with van der Waals surface area (Å²) in [6.07, 6.45) is 3.15. The molecule has 31 heavy (non-hydrogen) atoms. The van der Waals surface area contributed by atoms with E-state index in [-0.39, 0.29) is 18.4 Å². The largest absolute Gasteiger partial charge is 0.469 e. The highest BCUT2D eigenvalue weighted by Crippen LogP contribution is 2.66. The summed E-state index contributed by atoms with van der Waals surface area (Å²) in [5.41, 5.74) is -0.377. The van der Waals surface area contributed by atoms with Gasteiger partial charge in [0.15, 0.2) is 5.54 Å². The number of benzene rings is 1. The molecule has 2 amide bonds. The monoisotopic (exact) mass is 457 g/mol. The van der Waals surface area contributed by atoms with E-state index >= 15 is 0 Å². The van der Waals surface area contributed by atoms with E-state index in [1.54, 1.807) is 38.6 Å². The van der Waals surface area contributed by atoms with E-state index in [2.05, 4.69) is 6.58 Å². The minimum atomic E-state index is -1.43. The van der Waals surface area contributed by atoms with E-state index in [1.807, 2.05) is 11.0 Å². The fraction of sp³-hybridized carbons (Fsp3) is 0.318. The van der Waals surface area contributed by atoms with Crippen LogP contribution in [0.3, 0.4) is 0 Å². The molecule has 0 radical (unpaired) electrons. The molecule has 3 aliphatic heterocycles. The number of fused-ring (bicyclic) bond motifs is 3. The Kier molecular flexibility index (Phi) is 4.45. The van der Waals surface area contributed by atoms with E-state index in [1.165, 1.54) is 33.7 Å². The van der Waals surface area contributed by atoms with E-state index in [4.69, 9.17) is 16.6 Å². The van der Waals surface area contributed by atoms with Crippen LogP contribution in [0.5, 0.6) is 0 Å². The van der Waals surface area contributed by atoms with E-state index in [9.17, 15) is 14.0 Å². The van der Waals surface area contributed by atoms with Gasteiger partial charge in [0.1, 0.15) is 20.6 Å². The van der Waals surface area contributed by atoms with Crippen LogP contribution in [0.2, 0.25) is 0 Å². The molecule has 3 aliphatic rings. The lowest BCUT2D eigenvalue weighted by molar-refractivity contribution is -0.138. The summed E-state index contributed by atoms with van der Waals surface area (Å²) in [7, 11) is 3.45. The van der Waals surface area contributed by atoms with Gasteiger partial charge in [-0.3, -0.25) is 19.4 Å². The van der Waals surface area contributed by atoms with Crippen LogP contribution in [0.25, 0.3) is 0 Å². The zero-order chi connectivity index (χ0) is 22.1. The van der Waals surface area contributed by atoms with Crippen molar-refractivity contribution in [3.8, 4) is 0 Å². The summed E-state index contributed by atoms with van der Waals surface area (Å²) in [6.45, 7) is 4.34. The molecule has 2 aromatic rings. The van der Waals surface area contributed by atoms with Gasteiger partial charge in [0.25, 0.3) is 5.91 Å². The number of nitrogens with zero attached hydrogens (tertiary/aromatic N) is 3. The van der Waals surface area contributed by atoms with Crippen LogP contribution in [0.1, 0.15) is 17.2 Å². The second kappa shape index (κ2) is 6.75. The second-order valence-corrected chi connectivity index (χ2v) is 9.87. The van der Waals surface area contributed by atoms with Crippen molar-refractivity contribution in [3.63, 3.8) is 0 Å². The van der Waals surface area contributed by atoms with E-state index in [0.29, 0.717) is 27.9 Å². The number of hydrogen-bond donors (Lipinski definition) is 0. The molecule has 6 nitrogen and oxygen atoms in total. The topological polar surface area (TPSA) is 57.0 Å². The lowest BCUT2D eigenvalue weighted by Gasteiger charge is -2.41. The summed E-state index contributed by atoms with van der Waals surface area (Å²) in [5, 5.41) is 0. The van der Waals surface area contributed by atoms with Crippen LogP contribution >= 0.6 is 24.0 Å². The number of furan rings is 1. The maximum Gasteiger partial charge on any atom is 0.254 e. The molecule has 0 N–H and O–H groups in total. The molecule has 0 aliphatic carbocycles. The van der Waals surface area contributed by atoms with E-state index < -0.39 is 22.0 Å². The molecular formula is C22H20FN3O3S2. The third-order valence-electron chi connectivity index (χ3n) is 6.61. The molecule has 3 atom stereocenters. The molecule has 9 heteroatoms. The molecular weight excluding hydrogens is 437 g/mol. The number of likely N-dealkylation sites (tertiary alicyclic amines) is 1. The highest BCUT2D eigenvalue weighted by atomic mass is 32.2. The van der Waals surface area contributed by atoms with Crippen molar-refractivity contribution in [1.82, 2.24) is 9.80 Å². The number of hydrogen-bond acceptors (Lipinski definition) is 6. The standard InChI is InChI=1S/C22H20FN3O3S2/c1-4-9-26-19(28)22(31-20(26)30)15(17-6-5-10-29-17)12-24(2)21(22)14-11-13(23)7-8-16(14)25(3)18(21)27/h4-8,10-11,15H,1,9,12H2,2-3H3. The Morgan fingerprint density at radius 1 is 1.32 bits per heavy atom. The minimum absolute atomic E-state index is 0.233. The fourth-order valence-electron chi connectivity index (χ4n) is 5.40. The number of thiocarbonyl (C=S) groups is 1. The first kappa shape index (κ1) is 20.4. The third kappa shape index (κ3) is 2.29. The number of likely N-dealkylation sites (N-methyl/N-ethyl adjacent to an activating group) is 2. The summed E-state index contributed by atoms with van der Waals surface area (Å²) in [6, 6.07) is 7.84. The van der Waals surface area contributed by atoms with Gasteiger partial charge in [-0.2, -0.15) is 0 Å². The normalized spacial score (nSPS) is 30.3. The number of carbonyl (C=O) groups is 2. The summed E-state index contributed by atoms with van der Waals surface area (Å²) in [4.78, 5) is 33.0. The molecule has 2 saturated heterocycles. The van der Waals surface area contributed by atoms with Gasteiger partial charge in [-0.05, 0) is 37.4 Å². The quantitative estimate of drug-likeness (QED) is 0.522. The van der Waals surface area contributed by atoms with Crippen molar-refractivity contribution < 1.29 is 18.4 Å². The van der Waals surface area contributed by atoms with Gasteiger partial charge in [0.2, 0.25) is 5.91 Å². The molecule has 2 fully saturated rings. The van der Waals surface area contributed by atoms with Crippen molar-refractivity contribution in [1.29, 1.82) is 0 Å². The van der Waals surface area contributed by atoms with Gasteiger partial charge < -0.3 is 9.32 Å². The Labute approximate surface area is 188 Å². The van der Waals surface area contributed by atoms with Crippen molar-refractivity contribution in [2.24, 2.45) is 0 Å². The predicted octanol–water partition coefficient (Wildman–Crippen LogP) is 3.10. The molecule has 2 spiro atoms. The van der Waals surface area contributed by atoms with Gasteiger partial charge in [-0.1, -0.05) is 30.1 Å². The minimum Gasteiger partial charge on any atom is -0.469 e. The van der Waals surface area contributed by atoms with Gasteiger partial charge in [-0.25, -0.2) is 4.39 Å². The molecule has 1 aromatic carbocycles. The Bertz CT molecular complexity index is 1140. The van der Waals surface area contributed by atoms with Gasteiger partial charge in [0.05, 0.1) is 12.2 Å². The average Bonchev–Trinajstić information content (AvgIpc) is 3.45. The van der Waals surface area contributed by atoms with Crippen LogP contribution in [-0.4, -0.2) is 57.9 Å². The zero-order valence-electron chi connectivity index (χ0n) is 17.0. The number of rotatable bonds is 3. The Balaban J connectivity index is 1.85. The van der Waals surface area contributed by atoms with Crippen LogP contribution in [0.15, 0.2) is 53.7 Å². The van der Waals surface area contributed by atoms with Crippen molar-refractivity contribution in [3.05, 3.63) is 66.4 Å². The molecule has 0 bridgehead atoms. The molecule has 0 saturated carbocycles. The number of amides is 2. The SMILES string of the molecule is C=CCN1C(=O)C2(SC1=S)C(c1ccco1)CN(C)C21C(=O)N(C)c2ccc(F)cc21. The van der Waals surface area contributed by atoms with E-state index in [0.717, 1.165) is 0 Å². The number of anilines is 1. The van der Waals surface area contributed by atoms with Crippen LogP contribution in [0.4, 0.5) is 10.1 Å². The molecule has 160 valence electrons. The summed E-state index contributed by atoms with van der Waals surface area (Å²) < 4.78 is 19.3. The number of carbonyl (C=O) groups excluding carboxylic acids is 2. The first-order valence-corrected chi connectivity index (χ1v) is 11.0. The maximum atomic E-state index is 14.5. The Morgan fingerprint density at radius 2 is 2.10 bits per heavy atom. The van der Waals surface area contributed by atoms with Crippen LogP contribution in [-0.2, 0) is 15.1 Å². The predicted molar refractivity (Wildman–Crippen MR) is 120 cm³/mol. The Hall–Kier alpha value is -2.49. The number of thioether (sulfide) groups is 1. The third-order valence-corrected chi connectivity index (χ3v) is 8.55. The Morgan fingerprint density at radius 3 is 2.77 bits per heavy atom. The lowest BCUT2D eigenvalue weighted by Crippen LogP contribution is -2.62.